The highest BCUT2D eigenvalue weighted by Gasteiger charge is 2.20. The van der Waals surface area contributed by atoms with Crippen molar-refractivity contribution in [2.45, 2.75) is 26.7 Å². The van der Waals surface area contributed by atoms with Gasteiger partial charge in [-0.1, -0.05) is 49.7 Å². The molecule has 0 unspecified atom stereocenters. The molecule has 0 radical (unpaired) electrons. The van der Waals surface area contributed by atoms with Crippen LogP contribution in [0, 0.1) is 6.92 Å². The van der Waals surface area contributed by atoms with Gasteiger partial charge in [-0.3, -0.25) is 9.20 Å². The highest BCUT2D eigenvalue weighted by atomic mass is 16.5. The highest BCUT2D eigenvalue weighted by molar-refractivity contribution is 6.05. The van der Waals surface area contributed by atoms with Crippen molar-refractivity contribution in [1.82, 2.24) is 9.38 Å². The highest BCUT2D eigenvalue weighted by Crippen LogP contribution is 2.30. The van der Waals surface area contributed by atoms with Crippen molar-refractivity contribution in [3.63, 3.8) is 0 Å². The lowest BCUT2D eigenvalue weighted by molar-refractivity contribution is 0.102. The van der Waals surface area contributed by atoms with Gasteiger partial charge in [0.25, 0.3) is 5.91 Å². The second kappa shape index (κ2) is 8.19. The number of fused-ring (bicyclic) bond motifs is 1. The van der Waals surface area contributed by atoms with Gasteiger partial charge in [-0.15, -0.1) is 0 Å². The van der Waals surface area contributed by atoms with Crippen LogP contribution in [0.25, 0.3) is 5.65 Å². The molecule has 2 aromatic heterocycles. The minimum Gasteiger partial charge on any atom is -0.455 e. The number of imidazole rings is 1. The summed E-state index contributed by atoms with van der Waals surface area (Å²) in [6.07, 6.45) is 3.60. The van der Waals surface area contributed by atoms with Gasteiger partial charge in [0, 0.05) is 6.20 Å². The van der Waals surface area contributed by atoms with Crippen molar-refractivity contribution >= 4 is 17.2 Å². The summed E-state index contributed by atoms with van der Waals surface area (Å²) in [6, 6.07) is 20.9. The minimum absolute atomic E-state index is 0.198. The number of benzene rings is 2. The molecular formula is C24H23N3O2. The zero-order valence-corrected chi connectivity index (χ0v) is 16.6. The van der Waals surface area contributed by atoms with Crippen LogP contribution >= 0.6 is 0 Å². The van der Waals surface area contributed by atoms with Crippen molar-refractivity contribution in [2.24, 2.45) is 0 Å². The number of nitrogens with zero attached hydrogens (tertiary/aromatic N) is 2. The Bertz CT molecular complexity index is 1150. The zero-order valence-electron chi connectivity index (χ0n) is 16.6. The lowest BCUT2D eigenvalue weighted by Gasteiger charge is -2.13. The summed E-state index contributed by atoms with van der Waals surface area (Å²) < 4.78 is 7.85. The Morgan fingerprint density at radius 2 is 1.79 bits per heavy atom. The number of hydrogen-bond acceptors (Lipinski definition) is 3. The maximum Gasteiger partial charge on any atom is 0.274 e. The van der Waals surface area contributed by atoms with E-state index < -0.39 is 0 Å². The van der Waals surface area contributed by atoms with Gasteiger partial charge in [-0.05, 0) is 49.2 Å². The van der Waals surface area contributed by atoms with E-state index in [1.54, 1.807) is 0 Å². The van der Waals surface area contributed by atoms with Gasteiger partial charge in [-0.25, -0.2) is 4.98 Å². The molecule has 5 heteroatoms. The maximum absolute atomic E-state index is 13.3. The molecule has 4 rings (SSSR count). The molecule has 0 saturated carbocycles. The SMILES string of the molecule is CCCc1nc2ccc(C)cn2c1C(=O)Nc1ccccc1Oc1ccccc1. The summed E-state index contributed by atoms with van der Waals surface area (Å²) in [5.74, 6) is 1.11. The molecule has 0 saturated heterocycles. The number of amides is 1. The number of nitrogens with one attached hydrogen (secondary N) is 1. The van der Waals surface area contributed by atoms with Gasteiger partial charge in [-0.2, -0.15) is 0 Å². The fourth-order valence-corrected chi connectivity index (χ4v) is 3.31. The number of ether oxygens (including phenoxy) is 1. The Morgan fingerprint density at radius 1 is 1.03 bits per heavy atom. The van der Waals surface area contributed by atoms with Crippen LogP contribution in [0.15, 0.2) is 72.9 Å². The standard InChI is InChI=1S/C24H23N3O2/c1-3-9-20-23(27-16-17(2)14-15-22(27)25-20)24(28)26-19-12-7-8-13-21(19)29-18-10-5-4-6-11-18/h4-8,10-16H,3,9H2,1-2H3,(H,26,28). The lowest BCUT2D eigenvalue weighted by atomic mass is 10.2. The molecule has 0 spiro atoms. The van der Waals surface area contributed by atoms with E-state index in [0.717, 1.165) is 29.7 Å². The first-order valence-electron chi connectivity index (χ1n) is 9.76. The lowest BCUT2D eigenvalue weighted by Crippen LogP contribution is -2.17. The summed E-state index contributed by atoms with van der Waals surface area (Å²) in [6.45, 7) is 4.09. The van der Waals surface area contributed by atoms with E-state index >= 15 is 0 Å². The van der Waals surface area contributed by atoms with E-state index in [4.69, 9.17) is 4.74 Å². The van der Waals surface area contributed by atoms with Crippen LogP contribution in [0.5, 0.6) is 11.5 Å². The molecule has 1 amide bonds. The molecule has 0 aliphatic carbocycles. The average molecular weight is 385 g/mol. The molecule has 0 fully saturated rings. The van der Waals surface area contributed by atoms with Crippen LogP contribution in [0.3, 0.4) is 0 Å². The third-order valence-electron chi connectivity index (χ3n) is 4.65. The third-order valence-corrected chi connectivity index (χ3v) is 4.65. The van der Waals surface area contributed by atoms with Crippen LogP contribution in [-0.2, 0) is 6.42 Å². The summed E-state index contributed by atoms with van der Waals surface area (Å²) in [5, 5.41) is 3.02. The smallest absolute Gasteiger partial charge is 0.274 e. The molecule has 0 aliphatic heterocycles. The number of aryl methyl sites for hydroxylation is 2. The molecule has 146 valence electrons. The first-order valence-corrected chi connectivity index (χ1v) is 9.76. The number of para-hydroxylation sites is 3. The van der Waals surface area contributed by atoms with Crippen LogP contribution in [-0.4, -0.2) is 15.3 Å². The van der Waals surface area contributed by atoms with E-state index in [1.165, 1.54) is 0 Å². The summed E-state index contributed by atoms with van der Waals surface area (Å²) in [5.41, 5.74) is 3.83. The van der Waals surface area contributed by atoms with Crippen molar-refractivity contribution in [2.75, 3.05) is 5.32 Å². The molecule has 0 atom stereocenters. The molecule has 5 nitrogen and oxygen atoms in total. The van der Waals surface area contributed by atoms with Crippen LogP contribution in [0.1, 0.15) is 35.1 Å². The van der Waals surface area contributed by atoms with E-state index in [1.807, 2.05) is 84.3 Å². The topological polar surface area (TPSA) is 55.6 Å². The monoisotopic (exact) mass is 385 g/mol. The normalized spacial score (nSPS) is 10.8. The molecule has 2 aromatic carbocycles. The van der Waals surface area contributed by atoms with Gasteiger partial charge < -0.3 is 10.1 Å². The Labute approximate surface area is 170 Å². The van der Waals surface area contributed by atoms with Crippen molar-refractivity contribution < 1.29 is 9.53 Å². The molecule has 1 N–H and O–H groups in total. The number of hydrogen-bond donors (Lipinski definition) is 1. The molecule has 4 aromatic rings. The first kappa shape index (κ1) is 18.7. The molecule has 2 heterocycles. The number of rotatable bonds is 6. The van der Waals surface area contributed by atoms with Gasteiger partial charge in [0.2, 0.25) is 0 Å². The minimum atomic E-state index is -0.198. The van der Waals surface area contributed by atoms with Gasteiger partial charge >= 0.3 is 0 Å². The second-order valence-electron chi connectivity index (χ2n) is 6.96. The molecule has 0 bridgehead atoms. The zero-order chi connectivity index (χ0) is 20.2. The van der Waals surface area contributed by atoms with Crippen molar-refractivity contribution in [1.29, 1.82) is 0 Å². The van der Waals surface area contributed by atoms with Crippen LogP contribution < -0.4 is 10.1 Å². The maximum atomic E-state index is 13.3. The number of aromatic nitrogens is 2. The molecular weight excluding hydrogens is 362 g/mol. The number of anilines is 1. The van der Waals surface area contributed by atoms with Gasteiger partial charge in [0.05, 0.1) is 11.4 Å². The van der Waals surface area contributed by atoms with Crippen LogP contribution in [0.4, 0.5) is 5.69 Å². The number of pyridine rings is 1. The van der Waals surface area contributed by atoms with Gasteiger partial charge in [0.1, 0.15) is 17.1 Å². The summed E-state index contributed by atoms with van der Waals surface area (Å²) in [7, 11) is 0. The predicted molar refractivity (Wildman–Crippen MR) is 115 cm³/mol. The Balaban J connectivity index is 1.69. The Hall–Kier alpha value is -3.60. The fraction of sp³-hybridized carbons (Fsp3) is 0.167. The Morgan fingerprint density at radius 3 is 2.59 bits per heavy atom. The summed E-state index contributed by atoms with van der Waals surface area (Å²) >= 11 is 0. The largest absolute Gasteiger partial charge is 0.455 e. The van der Waals surface area contributed by atoms with E-state index in [0.29, 0.717) is 22.9 Å². The molecule has 29 heavy (non-hydrogen) atoms. The summed E-state index contributed by atoms with van der Waals surface area (Å²) in [4.78, 5) is 17.9. The van der Waals surface area contributed by atoms with Crippen molar-refractivity contribution in [3.05, 3.63) is 89.9 Å². The first-order chi connectivity index (χ1) is 14.2. The number of carbonyl (C=O) groups excluding carboxylic acids is 1. The van der Waals surface area contributed by atoms with Gasteiger partial charge in [0.15, 0.2) is 5.75 Å². The predicted octanol–water partition coefficient (Wildman–Crippen LogP) is 5.64. The van der Waals surface area contributed by atoms with E-state index in [9.17, 15) is 4.79 Å². The fourth-order valence-electron chi connectivity index (χ4n) is 3.31. The van der Waals surface area contributed by atoms with E-state index in [-0.39, 0.29) is 5.91 Å². The second-order valence-corrected chi connectivity index (χ2v) is 6.96. The number of carbonyl (C=O) groups is 1. The van der Waals surface area contributed by atoms with Crippen molar-refractivity contribution in [3.8, 4) is 11.5 Å². The molecule has 0 aliphatic rings. The van der Waals surface area contributed by atoms with Crippen LogP contribution in [0.2, 0.25) is 0 Å². The van der Waals surface area contributed by atoms with E-state index in [2.05, 4.69) is 17.2 Å². The third kappa shape index (κ3) is 3.99. The average Bonchev–Trinajstić information content (AvgIpc) is 3.08. The quantitative estimate of drug-likeness (QED) is 0.467. The Kier molecular flexibility index (Phi) is 5.29.